The van der Waals surface area contributed by atoms with Crippen LogP contribution in [0.1, 0.15) is 11.6 Å². The molecule has 0 bridgehead atoms. The average Bonchev–Trinajstić information content (AvgIpc) is 2.57. The van der Waals surface area contributed by atoms with Crippen molar-refractivity contribution in [3.63, 3.8) is 0 Å². The van der Waals surface area contributed by atoms with E-state index in [9.17, 15) is 4.79 Å². The van der Waals surface area contributed by atoms with Gasteiger partial charge in [-0.3, -0.25) is 0 Å². The molecule has 22 heavy (non-hydrogen) atoms. The van der Waals surface area contributed by atoms with Gasteiger partial charge in [0.05, 0.1) is 11.4 Å². The molecule has 1 amide bonds. The lowest BCUT2D eigenvalue weighted by Gasteiger charge is -2.10. The summed E-state index contributed by atoms with van der Waals surface area (Å²) < 4.78 is 5.11. The second kappa shape index (κ2) is 6.58. The summed E-state index contributed by atoms with van der Waals surface area (Å²) in [6.07, 6.45) is 8.36. The molecule has 5 heteroatoms. The Morgan fingerprint density at radius 2 is 1.82 bits per heavy atom. The van der Waals surface area contributed by atoms with Crippen molar-refractivity contribution in [3.05, 3.63) is 78.7 Å². The lowest BCUT2D eigenvalue weighted by Crippen LogP contribution is -2.08. The molecule has 0 atom stereocenters. The second-order valence-corrected chi connectivity index (χ2v) is 4.61. The highest BCUT2D eigenvalue weighted by molar-refractivity contribution is 6.09. The summed E-state index contributed by atoms with van der Waals surface area (Å²) in [5.41, 5.74) is 1.39. The highest BCUT2D eigenvalue weighted by Gasteiger charge is 2.11. The Balaban J connectivity index is 1.65. The van der Waals surface area contributed by atoms with Crippen molar-refractivity contribution in [1.82, 2.24) is 10.2 Å². The summed E-state index contributed by atoms with van der Waals surface area (Å²) in [6, 6.07) is 12.6. The fourth-order valence-corrected chi connectivity index (χ4v) is 2.00. The molecule has 0 saturated carbocycles. The second-order valence-electron chi connectivity index (χ2n) is 4.61. The number of carbonyl (C=O) groups excluding carboxylic acids is 1. The molecule has 1 aromatic carbocycles. The zero-order valence-electron chi connectivity index (χ0n) is 11.7. The summed E-state index contributed by atoms with van der Waals surface area (Å²) in [7, 11) is 0. The summed E-state index contributed by atoms with van der Waals surface area (Å²) in [5.74, 6) is 0.510. The molecule has 0 unspecified atom stereocenters. The standard InChI is InChI=1S/C17H13N3O2/c21-17(22-15-5-2-1-3-6-15)19-14-10-8-13(9-11-14)16-7-4-12-18-20-16/h1-13H. The molecule has 0 aliphatic heterocycles. The van der Waals surface area contributed by atoms with Gasteiger partial charge >= 0.3 is 6.09 Å². The van der Waals surface area contributed by atoms with Crippen LogP contribution in [0.25, 0.3) is 0 Å². The van der Waals surface area contributed by atoms with E-state index in [1.165, 1.54) is 0 Å². The minimum Gasteiger partial charge on any atom is -0.409 e. The number of aliphatic imine (C=N–C) groups is 1. The minimum absolute atomic E-state index is 0.0396. The fourth-order valence-electron chi connectivity index (χ4n) is 2.00. The van der Waals surface area contributed by atoms with E-state index in [1.54, 1.807) is 42.6 Å². The predicted octanol–water partition coefficient (Wildman–Crippen LogP) is 3.33. The van der Waals surface area contributed by atoms with Crippen molar-refractivity contribution in [1.29, 1.82) is 0 Å². The lowest BCUT2D eigenvalue weighted by molar-refractivity contribution is 0.211. The first kappa shape index (κ1) is 13.9. The molecule has 108 valence electrons. The van der Waals surface area contributed by atoms with Crippen LogP contribution in [0.5, 0.6) is 5.75 Å². The predicted molar refractivity (Wildman–Crippen MR) is 83.0 cm³/mol. The van der Waals surface area contributed by atoms with Crippen LogP contribution in [0.3, 0.4) is 0 Å². The summed E-state index contributed by atoms with van der Waals surface area (Å²) in [6.45, 7) is 0. The van der Waals surface area contributed by atoms with E-state index in [-0.39, 0.29) is 5.92 Å². The minimum atomic E-state index is -0.645. The Hall–Kier alpha value is -3.08. The maximum Gasteiger partial charge on any atom is 0.439 e. The zero-order chi connectivity index (χ0) is 15.2. The number of amides is 1. The van der Waals surface area contributed by atoms with E-state index >= 15 is 0 Å². The van der Waals surface area contributed by atoms with Gasteiger partial charge in [0.2, 0.25) is 0 Å². The first-order valence-corrected chi connectivity index (χ1v) is 6.81. The monoisotopic (exact) mass is 291 g/mol. The number of para-hydroxylation sites is 1. The molecule has 5 nitrogen and oxygen atoms in total. The molecule has 2 aromatic rings. The van der Waals surface area contributed by atoms with Crippen LogP contribution in [-0.2, 0) is 0 Å². The van der Waals surface area contributed by atoms with Gasteiger partial charge in [0, 0.05) is 12.1 Å². The number of carbonyl (C=O) groups is 1. The SMILES string of the molecule is O=C(N=C1C=CC(c2cccnn2)C=C1)Oc1ccccc1. The van der Waals surface area contributed by atoms with E-state index in [0.29, 0.717) is 11.5 Å². The summed E-state index contributed by atoms with van der Waals surface area (Å²) in [4.78, 5) is 15.6. The quantitative estimate of drug-likeness (QED) is 0.851. The molecular weight excluding hydrogens is 278 g/mol. The van der Waals surface area contributed by atoms with E-state index in [2.05, 4.69) is 15.2 Å². The van der Waals surface area contributed by atoms with E-state index in [1.807, 2.05) is 30.4 Å². The number of rotatable bonds is 2. The van der Waals surface area contributed by atoms with Gasteiger partial charge in [-0.15, -0.1) is 0 Å². The van der Waals surface area contributed by atoms with E-state index in [0.717, 1.165) is 5.69 Å². The number of benzene rings is 1. The molecular formula is C17H13N3O2. The highest BCUT2D eigenvalue weighted by atomic mass is 16.5. The Kier molecular flexibility index (Phi) is 4.15. The van der Waals surface area contributed by atoms with Gasteiger partial charge in [0.1, 0.15) is 5.75 Å². The third-order valence-electron chi connectivity index (χ3n) is 3.05. The normalized spacial score (nSPS) is 16.4. The third kappa shape index (κ3) is 3.52. The van der Waals surface area contributed by atoms with Gasteiger partial charge in [0.25, 0.3) is 0 Å². The number of allylic oxidation sites excluding steroid dienone is 4. The van der Waals surface area contributed by atoms with E-state index < -0.39 is 6.09 Å². The topological polar surface area (TPSA) is 64.4 Å². The maximum atomic E-state index is 11.7. The smallest absolute Gasteiger partial charge is 0.409 e. The van der Waals surface area contributed by atoms with Gasteiger partial charge in [-0.2, -0.15) is 15.2 Å². The molecule has 1 heterocycles. The Morgan fingerprint density at radius 3 is 2.50 bits per heavy atom. The van der Waals surface area contributed by atoms with Crippen molar-refractivity contribution in [3.8, 4) is 5.75 Å². The van der Waals surface area contributed by atoms with Crippen molar-refractivity contribution in [2.45, 2.75) is 5.92 Å². The lowest BCUT2D eigenvalue weighted by atomic mass is 9.99. The van der Waals surface area contributed by atoms with Gasteiger partial charge in [-0.1, -0.05) is 30.4 Å². The van der Waals surface area contributed by atoms with Crippen LogP contribution < -0.4 is 4.74 Å². The number of nitrogens with zero attached hydrogens (tertiary/aromatic N) is 3. The Labute approximate surface area is 127 Å². The van der Waals surface area contributed by atoms with Crippen LogP contribution in [-0.4, -0.2) is 22.0 Å². The Morgan fingerprint density at radius 1 is 1.05 bits per heavy atom. The van der Waals surface area contributed by atoms with E-state index in [4.69, 9.17) is 4.74 Å². The average molecular weight is 291 g/mol. The molecule has 3 rings (SSSR count). The van der Waals surface area contributed by atoms with Gasteiger partial charge < -0.3 is 4.74 Å². The van der Waals surface area contributed by atoms with Crippen LogP contribution in [0.4, 0.5) is 4.79 Å². The summed E-state index contributed by atoms with van der Waals surface area (Å²) in [5, 5.41) is 7.91. The summed E-state index contributed by atoms with van der Waals surface area (Å²) >= 11 is 0. The first-order chi connectivity index (χ1) is 10.8. The van der Waals surface area contributed by atoms with Gasteiger partial charge in [0.15, 0.2) is 0 Å². The Bertz CT molecular complexity index is 721. The van der Waals surface area contributed by atoms with Crippen molar-refractivity contribution in [2.24, 2.45) is 4.99 Å². The number of ether oxygens (including phenoxy) is 1. The first-order valence-electron chi connectivity index (χ1n) is 6.81. The van der Waals surface area contributed by atoms with Gasteiger partial charge in [-0.05, 0) is 36.4 Å². The number of aromatic nitrogens is 2. The van der Waals surface area contributed by atoms with Gasteiger partial charge in [-0.25, -0.2) is 4.79 Å². The molecule has 0 fully saturated rings. The van der Waals surface area contributed by atoms with Crippen LogP contribution >= 0.6 is 0 Å². The van der Waals surface area contributed by atoms with Crippen molar-refractivity contribution >= 4 is 11.8 Å². The van der Waals surface area contributed by atoms with Crippen LogP contribution in [0, 0.1) is 0 Å². The van der Waals surface area contributed by atoms with Crippen LogP contribution in [0.2, 0.25) is 0 Å². The fraction of sp³-hybridized carbons (Fsp3) is 0.0588. The maximum absolute atomic E-state index is 11.7. The number of hydrogen-bond donors (Lipinski definition) is 0. The molecule has 0 N–H and O–H groups in total. The third-order valence-corrected chi connectivity index (χ3v) is 3.05. The molecule has 1 aromatic heterocycles. The molecule has 1 aliphatic carbocycles. The largest absolute Gasteiger partial charge is 0.439 e. The van der Waals surface area contributed by atoms with Crippen molar-refractivity contribution in [2.75, 3.05) is 0 Å². The zero-order valence-corrected chi connectivity index (χ0v) is 11.7. The van der Waals surface area contributed by atoms with Crippen LogP contribution in [0.15, 0.2) is 78.0 Å². The molecule has 0 saturated heterocycles. The molecule has 0 radical (unpaired) electrons. The molecule has 1 aliphatic rings. The highest BCUT2D eigenvalue weighted by Crippen LogP contribution is 2.19. The number of hydrogen-bond acceptors (Lipinski definition) is 4. The molecule has 0 spiro atoms. The van der Waals surface area contributed by atoms with Crippen molar-refractivity contribution < 1.29 is 9.53 Å².